The fourth-order valence-corrected chi connectivity index (χ4v) is 2.80. The van der Waals surface area contributed by atoms with Crippen molar-refractivity contribution in [3.8, 4) is 5.75 Å². The molecule has 122 valence electrons. The van der Waals surface area contributed by atoms with E-state index in [2.05, 4.69) is 21.2 Å². The third-order valence-corrected chi connectivity index (χ3v) is 4.09. The van der Waals surface area contributed by atoms with Gasteiger partial charge in [0.15, 0.2) is 0 Å². The van der Waals surface area contributed by atoms with Gasteiger partial charge in [0.2, 0.25) is 0 Å². The van der Waals surface area contributed by atoms with Gasteiger partial charge in [-0.2, -0.15) is 0 Å². The smallest absolute Gasteiger partial charge is 0.317 e. The van der Waals surface area contributed by atoms with Gasteiger partial charge in [-0.05, 0) is 30.3 Å². The summed E-state index contributed by atoms with van der Waals surface area (Å²) in [5.41, 5.74) is 1.68. The molecule has 0 heterocycles. The highest BCUT2D eigenvalue weighted by molar-refractivity contribution is 9.10. The first kappa shape index (κ1) is 18.1. The quantitative estimate of drug-likeness (QED) is 0.694. The van der Waals surface area contributed by atoms with Crippen LogP contribution in [0.4, 0.5) is 0 Å². The Labute approximate surface area is 152 Å². The summed E-state index contributed by atoms with van der Waals surface area (Å²) in [5, 5.41) is 12.6. The van der Waals surface area contributed by atoms with Crippen LogP contribution in [0.15, 0.2) is 40.9 Å². The van der Waals surface area contributed by atoms with Gasteiger partial charge in [0.25, 0.3) is 0 Å². The lowest BCUT2D eigenvalue weighted by atomic mass is 10.2. The van der Waals surface area contributed by atoms with Crippen molar-refractivity contribution in [2.75, 3.05) is 6.54 Å². The van der Waals surface area contributed by atoms with Gasteiger partial charge in [0, 0.05) is 32.2 Å². The number of aliphatic carboxylic acids is 1. The van der Waals surface area contributed by atoms with Crippen molar-refractivity contribution < 1.29 is 14.6 Å². The van der Waals surface area contributed by atoms with Gasteiger partial charge in [0.1, 0.15) is 12.4 Å². The zero-order valence-electron chi connectivity index (χ0n) is 12.0. The van der Waals surface area contributed by atoms with Gasteiger partial charge in [-0.1, -0.05) is 45.2 Å². The number of hydrogen-bond donors (Lipinski definition) is 2. The first-order chi connectivity index (χ1) is 11.0. The van der Waals surface area contributed by atoms with Crippen LogP contribution in [0.5, 0.6) is 5.75 Å². The summed E-state index contributed by atoms with van der Waals surface area (Å²) < 4.78 is 6.71. The number of carboxylic acids is 1. The van der Waals surface area contributed by atoms with Gasteiger partial charge in [-0.3, -0.25) is 4.79 Å². The maximum Gasteiger partial charge on any atom is 0.317 e. The Hall–Kier alpha value is -1.27. The largest absolute Gasteiger partial charge is 0.489 e. The number of carbonyl (C=O) groups is 1. The molecule has 0 fully saturated rings. The zero-order chi connectivity index (χ0) is 16.8. The molecule has 2 rings (SSSR count). The number of ether oxygens (including phenoxy) is 1. The fraction of sp³-hybridized carbons (Fsp3) is 0.188. The van der Waals surface area contributed by atoms with Crippen LogP contribution in [-0.2, 0) is 17.9 Å². The average Bonchev–Trinajstić information content (AvgIpc) is 2.47. The normalized spacial score (nSPS) is 10.6. The van der Waals surface area contributed by atoms with E-state index < -0.39 is 5.97 Å². The van der Waals surface area contributed by atoms with Crippen molar-refractivity contribution in [1.82, 2.24) is 5.32 Å². The molecule has 0 aliphatic heterocycles. The summed E-state index contributed by atoms with van der Waals surface area (Å²) in [6.45, 7) is 0.563. The molecule has 0 aromatic heterocycles. The minimum atomic E-state index is -0.907. The summed E-state index contributed by atoms with van der Waals surface area (Å²) in [6, 6.07) is 10.8. The predicted molar refractivity (Wildman–Crippen MR) is 94.3 cm³/mol. The molecule has 0 saturated heterocycles. The number of rotatable bonds is 7. The van der Waals surface area contributed by atoms with E-state index >= 15 is 0 Å². The molecule has 2 N–H and O–H groups in total. The third-order valence-electron chi connectivity index (χ3n) is 3.01. The molecule has 0 unspecified atom stereocenters. The van der Waals surface area contributed by atoms with E-state index in [0.717, 1.165) is 15.6 Å². The highest BCUT2D eigenvalue weighted by Gasteiger charge is 2.08. The lowest BCUT2D eigenvalue weighted by Gasteiger charge is -2.13. The van der Waals surface area contributed by atoms with Gasteiger partial charge in [0.05, 0.1) is 6.54 Å². The molecule has 7 heteroatoms. The lowest BCUT2D eigenvalue weighted by molar-refractivity contribution is -0.136. The van der Waals surface area contributed by atoms with E-state index in [4.69, 9.17) is 33.0 Å². The summed E-state index contributed by atoms with van der Waals surface area (Å²) in [6.07, 6.45) is 0. The Morgan fingerprint density at radius 1 is 1.17 bits per heavy atom. The van der Waals surface area contributed by atoms with Crippen molar-refractivity contribution in [1.29, 1.82) is 0 Å². The van der Waals surface area contributed by atoms with Crippen molar-refractivity contribution in [3.05, 3.63) is 62.0 Å². The molecule has 0 aliphatic rings. The Kier molecular flexibility index (Phi) is 6.72. The van der Waals surface area contributed by atoms with Gasteiger partial charge >= 0.3 is 5.97 Å². The molecule has 0 radical (unpaired) electrons. The van der Waals surface area contributed by atoms with Gasteiger partial charge in [-0.15, -0.1) is 0 Å². The molecule has 0 bridgehead atoms. The molecule has 0 atom stereocenters. The predicted octanol–water partition coefficient (Wildman–Crippen LogP) is 4.51. The number of nitrogens with one attached hydrogen (secondary N) is 1. The zero-order valence-corrected chi connectivity index (χ0v) is 15.1. The number of benzene rings is 2. The second kappa shape index (κ2) is 8.55. The van der Waals surface area contributed by atoms with Crippen LogP contribution in [0.3, 0.4) is 0 Å². The minimum absolute atomic E-state index is 0.116. The molecule has 2 aromatic carbocycles. The topological polar surface area (TPSA) is 58.6 Å². The van der Waals surface area contributed by atoms with Crippen LogP contribution in [-0.4, -0.2) is 17.6 Å². The van der Waals surface area contributed by atoms with Gasteiger partial charge < -0.3 is 15.2 Å². The van der Waals surface area contributed by atoms with Crippen molar-refractivity contribution in [3.63, 3.8) is 0 Å². The summed E-state index contributed by atoms with van der Waals surface area (Å²) in [7, 11) is 0. The van der Waals surface area contributed by atoms with Crippen molar-refractivity contribution in [2.24, 2.45) is 0 Å². The number of carboxylic acid groups (broad SMARTS) is 1. The number of halogens is 3. The van der Waals surface area contributed by atoms with Crippen LogP contribution < -0.4 is 10.1 Å². The Balaban J connectivity index is 2.07. The molecule has 2 aromatic rings. The maximum atomic E-state index is 10.6. The standard InChI is InChI=1S/C16H14BrCl2NO3/c17-12-2-4-15(11(5-12)7-20-8-16(21)22)23-9-10-1-3-13(18)6-14(10)19/h1-6,20H,7-9H2,(H,21,22). The first-order valence-electron chi connectivity index (χ1n) is 6.73. The molecule has 0 aliphatic carbocycles. The van der Waals surface area contributed by atoms with Crippen LogP contribution >= 0.6 is 39.1 Å². The van der Waals surface area contributed by atoms with Crippen LogP contribution in [0.2, 0.25) is 10.0 Å². The maximum absolute atomic E-state index is 10.6. The van der Waals surface area contributed by atoms with Crippen LogP contribution in [0.25, 0.3) is 0 Å². The fourth-order valence-electron chi connectivity index (χ4n) is 1.93. The summed E-state index contributed by atoms with van der Waals surface area (Å²) in [4.78, 5) is 10.6. The molecule has 0 saturated carbocycles. The van der Waals surface area contributed by atoms with E-state index in [-0.39, 0.29) is 6.54 Å². The highest BCUT2D eigenvalue weighted by Crippen LogP contribution is 2.26. The monoisotopic (exact) mass is 417 g/mol. The van der Waals surface area contributed by atoms with Crippen molar-refractivity contribution >= 4 is 45.1 Å². The molecular formula is C16H14BrCl2NO3. The minimum Gasteiger partial charge on any atom is -0.489 e. The molecule has 4 nitrogen and oxygen atoms in total. The second-order valence-electron chi connectivity index (χ2n) is 4.77. The van der Waals surface area contributed by atoms with E-state index in [1.54, 1.807) is 12.1 Å². The summed E-state index contributed by atoms with van der Waals surface area (Å²) >= 11 is 15.4. The van der Waals surface area contributed by atoms with E-state index in [9.17, 15) is 4.79 Å². The van der Waals surface area contributed by atoms with Crippen LogP contribution in [0.1, 0.15) is 11.1 Å². The summed E-state index contributed by atoms with van der Waals surface area (Å²) in [5.74, 6) is -0.243. The Bertz CT molecular complexity index is 710. The average molecular weight is 419 g/mol. The Morgan fingerprint density at radius 3 is 2.65 bits per heavy atom. The van der Waals surface area contributed by atoms with E-state index in [1.807, 2.05) is 24.3 Å². The lowest BCUT2D eigenvalue weighted by Crippen LogP contribution is -2.22. The SMILES string of the molecule is O=C(O)CNCc1cc(Br)ccc1OCc1ccc(Cl)cc1Cl. The molecule has 23 heavy (non-hydrogen) atoms. The van der Waals surface area contributed by atoms with E-state index in [0.29, 0.717) is 28.9 Å². The second-order valence-corrected chi connectivity index (χ2v) is 6.53. The highest BCUT2D eigenvalue weighted by atomic mass is 79.9. The number of hydrogen-bond acceptors (Lipinski definition) is 3. The molecule has 0 amide bonds. The molecular weight excluding hydrogens is 405 g/mol. The third kappa shape index (κ3) is 5.70. The van der Waals surface area contributed by atoms with Crippen LogP contribution in [0, 0.1) is 0 Å². The first-order valence-corrected chi connectivity index (χ1v) is 8.28. The van der Waals surface area contributed by atoms with E-state index in [1.165, 1.54) is 0 Å². The molecule has 0 spiro atoms. The Morgan fingerprint density at radius 2 is 1.96 bits per heavy atom. The van der Waals surface area contributed by atoms with Gasteiger partial charge in [-0.25, -0.2) is 0 Å². The van der Waals surface area contributed by atoms with Crippen molar-refractivity contribution in [2.45, 2.75) is 13.2 Å².